The van der Waals surface area contributed by atoms with Gasteiger partial charge in [0, 0.05) is 24.6 Å². The molecule has 1 aromatic heterocycles. The molecule has 2 N–H and O–H groups in total. The van der Waals surface area contributed by atoms with Crippen molar-refractivity contribution in [2.45, 2.75) is 49.9 Å². The number of aliphatic hydroxyl groups is 1. The number of fused-ring (bicyclic) bond motifs is 1. The average Bonchev–Trinajstić information content (AvgIpc) is 3.20. The van der Waals surface area contributed by atoms with E-state index in [9.17, 15) is 23.1 Å². The van der Waals surface area contributed by atoms with E-state index in [4.69, 9.17) is 0 Å². The van der Waals surface area contributed by atoms with Gasteiger partial charge in [-0.15, -0.1) is 0 Å². The van der Waals surface area contributed by atoms with Gasteiger partial charge >= 0.3 is 6.18 Å². The number of aromatic nitrogens is 2. The lowest BCUT2D eigenvalue weighted by molar-refractivity contribution is -0.141. The molecule has 2 fully saturated rings. The molecule has 0 bridgehead atoms. The second-order valence-electron chi connectivity index (χ2n) is 7.66. The largest absolute Gasteiger partial charge is 0.435 e. The topological polar surface area (TPSA) is 69.2 Å². The van der Waals surface area contributed by atoms with Gasteiger partial charge in [0.05, 0.1) is 5.60 Å². The molecule has 1 aromatic carbocycles. The number of hydrogen-bond donors (Lipinski definition) is 2. The highest BCUT2D eigenvalue weighted by molar-refractivity contribution is 5.92. The number of aromatic amines is 1. The first-order valence-electron chi connectivity index (χ1n) is 9.52. The third kappa shape index (κ3) is 3.19. The van der Waals surface area contributed by atoms with Crippen molar-refractivity contribution in [3.05, 3.63) is 53.3 Å². The second kappa shape index (κ2) is 6.92. The predicted octanol–water partition coefficient (Wildman–Crippen LogP) is 3.72. The zero-order chi connectivity index (χ0) is 19.9. The van der Waals surface area contributed by atoms with Gasteiger partial charge in [0.15, 0.2) is 5.69 Å². The van der Waals surface area contributed by atoms with Gasteiger partial charge in [0.2, 0.25) is 0 Å². The van der Waals surface area contributed by atoms with Crippen molar-refractivity contribution in [2.75, 3.05) is 6.54 Å². The van der Waals surface area contributed by atoms with E-state index >= 15 is 0 Å². The summed E-state index contributed by atoms with van der Waals surface area (Å²) in [5.74, 6) is -0.638. The second-order valence-corrected chi connectivity index (χ2v) is 7.66. The van der Waals surface area contributed by atoms with Crippen LogP contribution in [-0.2, 0) is 11.8 Å². The molecule has 2 aliphatic rings. The number of carbonyl (C=O) groups is 1. The van der Waals surface area contributed by atoms with Gasteiger partial charge in [-0.2, -0.15) is 18.3 Å². The molecule has 150 valence electrons. The maximum absolute atomic E-state index is 12.9. The lowest BCUT2D eigenvalue weighted by atomic mass is 9.66. The average molecular weight is 393 g/mol. The molecule has 1 saturated carbocycles. The third-order valence-electron chi connectivity index (χ3n) is 6.11. The fourth-order valence-corrected chi connectivity index (χ4v) is 4.75. The number of carbonyl (C=O) groups excluding carboxylic acids is 1. The number of alkyl halides is 3. The van der Waals surface area contributed by atoms with Gasteiger partial charge in [0.1, 0.15) is 5.69 Å². The fourth-order valence-electron chi connectivity index (χ4n) is 4.75. The van der Waals surface area contributed by atoms with Crippen LogP contribution >= 0.6 is 0 Å². The minimum absolute atomic E-state index is 0.147. The van der Waals surface area contributed by atoms with Crippen molar-refractivity contribution < 1.29 is 23.1 Å². The smallest absolute Gasteiger partial charge is 0.385 e. The predicted molar refractivity (Wildman–Crippen MR) is 95.3 cm³/mol. The Bertz CT molecular complexity index is 852. The number of amides is 1. The van der Waals surface area contributed by atoms with Crippen molar-refractivity contribution >= 4 is 5.91 Å². The molecule has 0 radical (unpaired) electrons. The van der Waals surface area contributed by atoms with Crippen LogP contribution in [0.2, 0.25) is 0 Å². The summed E-state index contributed by atoms with van der Waals surface area (Å²) in [6.45, 7) is 0.283. The van der Waals surface area contributed by atoms with E-state index in [2.05, 4.69) is 10.2 Å². The zero-order valence-corrected chi connectivity index (χ0v) is 15.2. The molecular formula is C20H22F3N3O2. The number of likely N-dealkylation sites (tertiary alicyclic amines) is 1. The summed E-state index contributed by atoms with van der Waals surface area (Å²) in [7, 11) is 0. The minimum atomic E-state index is -4.60. The van der Waals surface area contributed by atoms with Crippen molar-refractivity contribution in [1.29, 1.82) is 0 Å². The first kappa shape index (κ1) is 19.0. The molecule has 5 nitrogen and oxygen atoms in total. The molecule has 2 heterocycles. The molecule has 28 heavy (non-hydrogen) atoms. The SMILES string of the molecule is O=C(c1cc(C(F)(F)F)n[nH]1)N1CCC(O)(c2ccccc2)[C@H]2CCCC[C@H]21. The van der Waals surface area contributed by atoms with Crippen molar-refractivity contribution in [1.82, 2.24) is 15.1 Å². The van der Waals surface area contributed by atoms with E-state index in [0.717, 1.165) is 37.3 Å². The number of hydrogen-bond acceptors (Lipinski definition) is 3. The van der Waals surface area contributed by atoms with E-state index in [1.807, 2.05) is 30.3 Å². The number of rotatable bonds is 2. The Kier molecular flexibility index (Phi) is 4.69. The number of piperidine rings is 1. The molecule has 1 saturated heterocycles. The zero-order valence-electron chi connectivity index (χ0n) is 15.2. The highest BCUT2D eigenvalue weighted by atomic mass is 19.4. The number of nitrogens with zero attached hydrogens (tertiary/aromatic N) is 2. The monoisotopic (exact) mass is 393 g/mol. The summed E-state index contributed by atoms with van der Waals surface area (Å²) in [4.78, 5) is 14.6. The summed E-state index contributed by atoms with van der Waals surface area (Å²) >= 11 is 0. The Morgan fingerprint density at radius 1 is 1.21 bits per heavy atom. The van der Waals surface area contributed by atoms with Crippen LogP contribution in [0, 0.1) is 5.92 Å². The first-order valence-corrected chi connectivity index (χ1v) is 9.52. The van der Waals surface area contributed by atoms with Crippen molar-refractivity contribution in [2.24, 2.45) is 5.92 Å². The van der Waals surface area contributed by atoms with Gasteiger partial charge in [-0.25, -0.2) is 0 Å². The van der Waals surface area contributed by atoms with Crippen LogP contribution in [0.15, 0.2) is 36.4 Å². The molecule has 3 atom stereocenters. The summed E-state index contributed by atoms with van der Waals surface area (Å²) in [6.07, 6.45) is -0.863. The number of benzene rings is 1. The van der Waals surface area contributed by atoms with Crippen LogP contribution in [0.25, 0.3) is 0 Å². The lowest BCUT2D eigenvalue weighted by Crippen LogP contribution is -2.59. The van der Waals surface area contributed by atoms with Gasteiger partial charge in [-0.1, -0.05) is 43.2 Å². The Balaban J connectivity index is 1.62. The molecule has 1 unspecified atom stereocenters. The highest BCUT2D eigenvalue weighted by Crippen LogP contribution is 2.47. The quantitative estimate of drug-likeness (QED) is 0.817. The van der Waals surface area contributed by atoms with Crippen LogP contribution < -0.4 is 0 Å². The van der Waals surface area contributed by atoms with E-state index < -0.39 is 23.4 Å². The Hall–Kier alpha value is -2.35. The van der Waals surface area contributed by atoms with E-state index in [1.165, 1.54) is 0 Å². The molecule has 2 aromatic rings. The Morgan fingerprint density at radius 2 is 1.93 bits per heavy atom. The summed E-state index contributed by atoms with van der Waals surface area (Å²) in [5.41, 5.74) is -1.47. The third-order valence-corrected chi connectivity index (χ3v) is 6.11. The molecule has 1 amide bonds. The van der Waals surface area contributed by atoms with Crippen LogP contribution in [0.3, 0.4) is 0 Å². The van der Waals surface area contributed by atoms with Crippen LogP contribution in [0.4, 0.5) is 13.2 Å². The number of halogens is 3. The Labute approximate surface area is 160 Å². The molecule has 1 aliphatic carbocycles. The number of H-pyrrole nitrogens is 1. The Morgan fingerprint density at radius 3 is 2.61 bits per heavy atom. The van der Waals surface area contributed by atoms with Crippen molar-refractivity contribution in [3.63, 3.8) is 0 Å². The highest BCUT2D eigenvalue weighted by Gasteiger charge is 2.50. The standard InChI is InChI=1S/C20H22F3N3O2/c21-20(22,23)17-12-15(24-25-17)18(27)26-11-10-19(28,13-6-2-1-3-7-13)14-8-4-5-9-16(14)26/h1-3,6-7,12,14,16,28H,4-5,8-11H2,(H,24,25)/t14-,16+,19?/m0/s1. The molecular weight excluding hydrogens is 371 g/mol. The maximum atomic E-state index is 12.9. The van der Waals surface area contributed by atoms with Gasteiger partial charge < -0.3 is 10.0 Å². The van der Waals surface area contributed by atoms with Crippen molar-refractivity contribution in [3.8, 4) is 0 Å². The number of nitrogens with one attached hydrogen (secondary N) is 1. The summed E-state index contributed by atoms with van der Waals surface area (Å²) in [6, 6.07) is 10.00. The fraction of sp³-hybridized carbons (Fsp3) is 0.500. The summed E-state index contributed by atoms with van der Waals surface area (Å²) < 4.78 is 38.5. The normalized spacial score (nSPS) is 28.1. The van der Waals surface area contributed by atoms with E-state index in [1.54, 1.807) is 4.90 Å². The first-order chi connectivity index (χ1) is 13.3. The van der Waals surface area contributed by atoms with E-state index in [-0.39, 0.29) is 24.2 Å². The van der Waals surface area contributed by atoms with Crippen LogP contribution in [-0.4, -0.2) is 38.7 Å². The molecule has 1 aliphatic heterocycles. The summed E-state index contributed by atoms with van der Waals surface area (Å²) in [5, 5.41) is 17.0. The molecule has 4 rings (SSSR count). The van der Waals surface area contributed by atoms with Crippen LogP contribution in [0.1, 0.15) is 53.8 Å². The van der Waals surface area contributed by atoms with Gasteiger partial charge in [0.25, 0.3) is 5.91 Å². The molecule has 8 heteroatoms. The van der Waals surface area contributed by atoms with Gasteiger partial charge in [-0.3, -0.25) is 9.89 Å². The lowest BCUT2D eigenvalue weighted by Gasteiger charge is -2.52. The van der Waals surface area contributed by atoms with E-state index in [0.29, 0.717) is 6.42 Å². The molecule has 0 spiro atoms. The van der Waals surface area contributed by atoms with Gasteiger partial charge in [-0.05, 0) is 24.8 Å². The maximum Gasteiger partial charge on any atom is 0.435 e. The van der Waals surface area contributed by atoms with Crippen LogP contribution in [0.5, 0.6) is 0 Å². The minimum Gasteiger partial charge on any atom is -0.385 e.